The number of nitriles is 1. The molecule has 0 unspecified atom stereocenters. The molecule has 0 bridgehead atoms. The first kappa shape index (κ1) is 10.1. The predicted octanol–water partition coefficient (Wildman–Crippen LogP) is 0.907. The standard InChI is InChI=1S/C7H6N2O2S2/c8-5-12-6-3-1-2-4-7(6)13(9,10)11/h1-4H,(H2,9,10,11). The van der Waals surface area contributed by atoms with Crippen molar-refractivity contribution in [2.75, 3.05) is 0 Å². The van der Waals surface area contributed by atoms with Gasteiger partial charge in [0.2, 0.25) is 10.0 Å². The van der Waals surface area contributed by atoms with E-state index in [2.05, 4.69) is 0 Å². The smallest absolute Gasteiger partial charge is 0.225 e. The van der Waals surface area contributed by atoms with E-state index in [-0.39, 0.29) is 4.90 Å². The van der Waals surface area contributed by atoms with E-state index in [4.69, 9.17) is 10.4 Å². The second-order valence-electron chi connectivity index (χ2n) is 2.19. The molecule has 0 aliphatic rings. The van der Waals surface area contributed by atoms with E-state index in [1.54, 1.807) is 17.5 Å². The minimum Gasteiger partial charge on any atom is -0.225 e. The van der Waals surface area contributed by atoms with Crippen LogP contribution in [0, 0.1) is 10.7 Å². The fourth-order valence-electron chi connectivity index (χ4n) is 0.819. The molecule has 0 fully saturated rings. The molecule has 0 spiro atoms. The zero-order valence-corrected chi connectivity index (χ0v) is 8.10. The number of hydrogen-bond acceptors (Lipinski definition) is 4. The first-order chi connectivity index (χ1) is 6.05. The lowest BCUT2D eigenvalue weighted by Gasteiger charge is -2.01. The Bertz CT molecular complexity index is 448. The van der Waals surface area contributed by atoms with Crippen LogP contribution in [0.2, 0.25) is 0 Å². The lowest BCUT2D eigenvalue weighted by atomic mass is 10.4. The first-order valence-electron chi connectivity index (χ1n) is 3.23. The largest absolute Gasteiger partial charge is 0.239 e. The molecule has 0 saturated heterocycles. The number of primary sulfonamides is 1. The summed E-state index contributed by atoms with van der Waals surface area (Å²) in [7, 11) is -3.73. The number of thioether (sulfide) groups is 1. The molecule has 0 aromatic heterocycles. The summed E-state index contributed by atoms with van der Waals surface area (Å²) in [5.74, 6) is 0. The van der Waals surface area contributed by atoms with Gasteiger partial charge in [0.15, 0.2) is 0 Å². The molecule has 0 heterocycles. The highest BCUT2D eigenvalue weighted by atomic mass is 32.2. The first-order valence-corrected chi connectivity index (χ1v) is 5.60. The van der Waals surface area contributed by atoms with Gasteiger partial charge in [-0.1, -0.05) is 12.1 Å². The van der Waals surface area contributed by atoms with E-state index < -0.39 is 10.0 Å². The zero-order valence-electron chi connectivity index (χ0n) is 6.47. The molecule has 68 valence electrons. The third-order valence-electron chi connectivity index (χ3n) is 1.31. The van der Waals surface area contributed by atoms with Crippen LogP contribution in [-0.2, 0) is 10.0 Å². The van der Waals surface area contributed by atoms with Crippen molar-refractivity contribution in [2.24, 2.45) is 5.14 Å². The van der Waals surface area contributed by atoms with Gasteiger partial charge < -0.3 is 0 Å². The summed E-state index contributed by atoms with van der Waals surface area (Å²) in [6.45, 7) is 0. The van der Waals surface area contributed by atoms with E-state index >= 15 is 0 Å². The van der Waals surface area contributed by atoms with Crippen molar-refractivity contribution >= 4 is 21.8 Å². The van der Waals surface area contributed by atoms with Crippen molar-refractivity contribution in [1.29, 1.82) is 5.26 Å². The van der Waals surface area contributed by atoms with Crippen LogP contribution in [0.15, 0.2) is 34.1 Å². The molecule has 0 aliphatic heterocycles. The summed E-state index contributed by atoms with van der Waals surface area (Å²) in [6.07, 6.45) is 0. The van der Waals surface area contributed by atoms with Gasteiger partial charge in [0.05, 0.1) is 4.90 Å². The van der Waals surface area contributed by atoms with E-state index in [1.165, 1.54) is 12.1 Å². The Morgan fingerprint density at radius 1 is 1.38 bits per heavy atom. The number of thiocyanates is 1. The Morgan fingerprint density at radius 3 is 2.54 bits per heavy atom. The number of sulfonamides is 1. The van der Waals surface area contributed by atoms with Gasteiger partial charge in [-0.3, -0.25) is 0 Å². The van der Waals surface area contributed by atoms with E-state index in [0.29, 0.717) is 4.90 Å². The van der Waals surface area contributed by atoms with E-state index in [9.17, 15) is 8.42 Å². The summed E-state index contributed by atoms with van der Waals surface area (Å²) in [5, 5.41) is 15.1. The molecule has 13 heavy (non-hydrogen) atoms. The Labute approximate surface area is 80.4 Å². The second-order valence-corrected chi connectivity index (χ2v) is 4.54. The molecule has 0 atom stereocenters. The molecule has 6 heteroatoms. The van der Waals surface area contributed by atoms with Crippen molar-refractivity contribution in [1.82, 2.24) is 0 Å². The lowest BCUT2D eigenvalue weighted by molar-refractivity contribution is 0.596. The van der Waals surface area contributed by atoms with Crippen LogP contribution in [0.3, 0.4) is 0 Å². The van der Waals surface area contributed by atoms with Crippen molar-refractivity contribution in [2.45, 2.75) is 9.79 Å². The highest BCUT2D eigenvalue weighted by Crippen LogP contribution is 2.24. The molecule has 4 nitrogen and oxygen atoms in total. The second kappa shape index (κ2) is 3.79. The van der Waals surface area contributed by atoms with Gasteiger partial charge in [0.1, 0.15) is 5.40 Å². The fraction of sp³-hybridized carbons (Fsp3) is 0. The highest BCUT2D eigenvalue weighted by Gasteiger charge is 2.12. The van der Waals surface area contributed by atoms with Crippen molar-refractivity contribution in [3.8, 4) is 5.40 Å². The summed E-state index contributed by atoms with van der Waals surface area (Å²) < 4.78 is 22.0. The van der Waals surface area contributed by atoms with Crippen LogP contribution in [0.5, 0.6) is 0 Å². The number of rotatable bonds is 2. The monoisotopic (exact) mass is 214 g/mol. The summed E-state index contributed by atoms with van der Waals surface area (Å²) in [6, 6.07) is 6.11. The van der Waals surface area contributed by atoms with Gasteiger partial charge in [0, 0.05) is 4.90 Å². The van der Waals surface area contributed by atoms with Gasteiger partial charge in [-0.2, -0.15) is 5.26 Å². The van der Waals surface area contributed by atoms with Crippen LogP contribution in [-0.4, -0.2) is 8.42 Å². The third kappa shape index (κ3) is 2.45. The van der Waals surface area contributed by atoms with Crippen molar-refractivity contribution in [3.63, 3.8) is 0 Å². The molecule has 0 amide bonds. The van der Waals surface area contributed by atoms with Crippen molar-refractivity contribution < 1.29 is 8.42 Å². The molecule has 2 N–H and O–H groups in total. The normalized spacial score (nSPS) is 10.8. The van der Waals surface area contributed by atoms with Gasteiger partial charge in [-0.15, -0.1) is 0 Å². The van der Waals surface area contributed by atoms with Crippen LogP contribution >= 0.6 is 11.8 Å². The topological polar surface area (TPSA) is 83.9 Å². The maximum absolute atomic E-state index is 11.0. The van der Waals surface area contributed by atoms with Gasteiger partial charge in [-0.25, -0.2) is 13.6 Å². The van der Waals surface area contributed by atoms with Crippen LogP contribution in [0.4, 0.5) is 0 Å². The summed E-state index contributed by atoms with van der Waals surface area (Å²) >= 11 is 0.775. The Kier molecular flexibility index (Phi) is 2.93. The Balaban J connectivity index is 3.30. The molecule has 1 aromatic rings. The lowest BCUT2D eigenvalue weighted by Crippen LogP contribution is -2.12. The van der Waals surface area contributed by atoms with Gasteiger partial charge in [0.25, 0.3) is 0 Å². The maximum Gasteiger partial charge on any atom is 0.239 e. The summed E-state index contributed by atoms with van der Waals surface area (Å²) in [4.78, 5) is 0.342. The average Bonchev–Trinajstić information content (AvgIpc) is 2.04. The zero-order chi connectivity index (χ0) is 9.90. The van der Waals surface area contributed by atoms with Crippen LogP contribution in [0.25, 0.3) is 0 Å². The molecular formula is C7H6N2O2S2. The average molecular weight is 214 g/mol. The molecule has 1 aromatic carbocycles. The van der Waals surface area contributed by atoms with Crippen LogP contribution in [0.1, 0.15) is 0 Å². The van der Waals surface area contributed by atoms with Gasteiger partial charge >= 0.3 is 0 Å². The van der Waals surface area contributed by atoms with Gasteiger partial charge in [-0.05, 0) is 23.9 Å². The fourth-order valence-corrected chi connectivity index (χ4v) is 2.32. The number of benzene rings is 1. The van der Waals surface area contributed by atoms with E-state index in [0.717, 1.165) is 11.8 Å². The van der Waals surface area contributed by atoms with E-state index in [1.807, 2.05) is 0 Å². The number of hydrogen-bond donors (Lipinski definition) is 1. The minimum atomic E-state index is -3.73. The highest BCUT2D eigenvalue weighted by molar-refractivity contribution is 8.04. The molecular weight excluding hydrogens is 208 g/mol. The molecule has 0 aliphatic carbocycles. The predicted molar refractivity (Wildman–Crippen MR) is 49.3 cm³/mol. The maximum atomic E-state index is 11.0. The number of nitrogens with two attached hydrogens (primary N) is 1. The Hall–Kier alpha value is -1.03. The van der Waals surface area contributed by atoms with Crippen LogP contribution < -0.4 is 5.14 Å². The summed E-state index contributed by atoms with van der Waals surface area (Å²) in [5.41, 5.74) is 0. The third-order valence-corrected chi connectivity index (χ3v) is 3.08. The molecule has 0 radical (unpaired) electrons. The van der Waals surface area contributed by atoms with Crippen molar-refractivity contribution in [3.05, 3.63) is 24.3 Å². The molecule has 1 rings (SSSR count). The quantitative estimate of drug-likeness (QED) is 0.585. The number of nitrogens with zero attached hydrogens (tertiary/aromatic N) is 1. The minimum absolute atomic E-state index is 0.0125. The molecule has 0 saturated carbocycles. The SMILES string of the molecule is N#CSc1ccccc1S(N)(=O)=O. The Morgan fingerprint density at radius 2 is 2.00 bits per heavy atom.